The first-order valence-corrected chi connectivity index (χ1v) is 12.4. The number of rotatable bonds is 6. The number of ketones is 1. The van der Waals surface area contributed by atoms with Gasteiger partial charge in [-0.2, -0.15) is 13.2 Å². The average Bonchev–Trinajstić information content (AvgIpc) is 2.79. The number of carbonyl (C=O) groups excluding carboxylic acids is 2. The molecule has 0 fully saturated rings. The number of hydrogen-bond donors (Lipinski definition) is 5. The van der Waals surface area contributed by atoms with E-state index in [0.29, 0.717) is 0 Å². The molecule has 1 amide bonds. The van der Waals surface area contributed by atoms with Crippen LogP contribution < -0.4 is 5.73 Å². The van der Waals surface area contributed by atoms with E-state index in [0.717, 1.165) is 11.0 Å². The van der Waals surface area contributed by atoms with Gasteiger partial charge < -0.3 is 26.5 Å². The van der Waals surface area contributed by atoms with Crippen LogP contribution in [0.25, 0.3) is 0 Å². The number of benzene rings is 1. The fraction of sp³-hybridized carbons (Fsp3) is 0.500. The van der Waals surface area contributed by atoms with Crippen molar-refractivity contribution >= 4 is 17.4 Å². The first kappa shape index (κ1) is 28.6. The summed E-state index contributed by atoms with van der Waals surface area (Å²) in [5.74, 6) is -7.02. The Morgan fingerprint density at radius 3 is 2.38 bits per heavy atom. The van der Waals surface area contributed by atoms with Crippen molar-refractivity contribution in [1.82, 2.24) is 9.80 Å². The molecular formula is C26H30F4N4O5. The summed E-state index contributed by atoms with van der Waals surface area (Å²) >= 11 is 0. The van der Waals surface area contributed by atoms with Crippen LogP contribution in [0, 0.1) is 29.0 Å². The van der Waals surface area contributed by atoms with Crippen molar-refractivity contribution in [2.75, 3.05) is 27.2 Å². The number of amides is 1. The van der Waals surface area contributed by atoms with E-state index < -0.39 is 94.7 Å². The summed E-state index contributed by atoms with van der Waals surface area (Å²) in [5.41, 5.74) is 3.61. The maximum absolute atomic E-state index is 15.7. The topological polar surface area (TPSA) is 151 Å². The lowest BCUT2D eigenvalue weighted by atomic mass is 9.60. The van der Waals surface area contributed by atoms with Gasteiger partial charge in [-0.15, -0.1) is 0 Å². The molecule has 0 spiro atoms. The number of aliphatic hydroxyl groups excluding tert-OH is 2. The van der Waals surface area contributed by atoms with Gasteiger partial charge in [0.25, 0.3) is 5.91 Å². The number of nitrogens with two attached hydrogens (primary N) is 1. The van der Waals surface area contributed by atoms with E-state index in [-0.39, 0.29) is 36.1 Å². The minimum absolute atomic E-state index is 0.0373. The molecule has 39 heavy (non-hydrogen) atoms. The van der Waals surface area contributed by atoms with Crippen LogP contribution in [0.4, 0.5) is 17.6 Å². The highest BCUT2D eigenvalue weighted by atomic mass is 19.4. The van der Waals surface area contributed by atoms with Crippen molar-refractivity contribution in [1.29, 1.82) is 5.41 Å². The minimum atomic E-state index is -4.51. The zero-order valence-corrected chi connectivity index (χ0v) is 21.6. The van der Waals surface area contributed by atoms with E-state index >= 15 is 4.39 Å². The fourth-order valence-corrected chi connectivity index (χ4v) is 6.32. The van der Waals surface area contributed by atoms with Crippen LogP contribution in [0.2, 0.25) is 0 Å². The van der Waals surface area contributed by atoms with E-state index in [9.17, 15) is 38.1 Å². The van der Waals surface area contributed by atoms with Gasteiger partial charge in [-0.1, -0.05) is 6.92 Å². The number of nitrogens with one attached hydrogen (secondary N) is 1. The smallest absolute Gasteiger partial charge is 0.401 e. The van der Waals surface area contributed by atoms with Crippen molar-refractivity contribution in [3.63, 3.8) is 0 Å². The van der Waals surface area contributed by atoms with Gasteiger partial charge in [0.15, 0.2) is 5.78 Å². The average molecular weight is 555 g/mol. The number of alkyl halides is 3. The first-order chi connectivity index (χ1) is 18.1. The highest BCUT2D eigenvalue weighted by Gasteiger charge is 2.53. The van der Waals surface area contributed by atoms with Crippen molar-refractivity contribution in [2.45, 2.75) is 38.5 Å². The molecule has 0 aromatic heterocycles. The second kappa shape index (κ2) is 9.94. The molecule has 1 aromatic rings. The van der Waals surface area contributed by atoms with Gasteiger partial charge in [0.2, 0.25) is 0 Å². The first-order valence-electron chi connectivity index (χ1n) is 12.4. The molecule has 212 valence electrons. The Labute approximate surface area is 221 Å². The molecule has 0 saturated heterocycles. The molecule has 3 aliphatic rings. The van der Waals surface area contributed by atoms with Crippen molar-refractivity contribution in [3.05, 3.63) is 51.2 Å². The highest BCUT2D eigenvalue weighted by molar-refractivity contribution is 6.23. The molecule has 0 heterocycles. The van der Waals surface area contributed by atoms with Crippen LogP contribution in [0.1, 0.15) is 34.8 Å². The molecule has 4 atom stereocenters. The van der Waals surface area contributed by atoms with E-state index in [1.54, 1.807) is 19.0 Å². The molecule has 4 rings (SSSR count). The largest absolute Gasteiger partial charge is 0.511 e. The predicted molar refractivity (Wildman–Crippen MR) is 132 cm³/mol. The Morgan fingerprint density at radius 1 is 1.21 bits per heavy atom. The molecule has 1 unspecified atom stereocenters. The van der Waals surface area contributed by atoms with Crippen molar-refractivity contribution in [2.24, 2.45) is 23.5 Å². The predicted octanol–water partition coefficient (Wildman–Crippen LogP) is 2.98. The van der Waals surface area contributed by atoms with Crippen LogP contribution in [0.3, 0.4) is 0 Å². The Balaban J connectivity index is 1.80. The second-order valence-corrected chi connectivity index (χ2v) is 10.5. The Bertz CT molecular complexity index is 1320. The maximum Gasteiger partial charge on any atom is 0.401 e. The number of hydrogen-bond acceptors (Lipinski definition) is 8. The maximum atomic E-state index is 15.7. The summed E-state index contributed by atoms with van der Waals surface area (Å²) in [6.07, 6.45) is -4.56. The minimum Gasteiger partial charge on any atom is -0.511 e. The third kappa shape index (κ3) is 4.78. The molecule has 3 aliphatic carbocycles. The van der Waals surface area contributed by atoms with E-state index in [2.05, 4.69) is 0 Å². The quantitative estimate of drug-likeness (QED) is 0.339. The van der Waals surface area contributed by atoms with Gasteiger partial charge >= 0.3 is 6.18 Å². The lowest BCUT2D eigenvalue weighted by molar-refractivity contribution is -0.146. The number of aromatic hydroxyl groups is 1. The number of phenols is 1. The van der Waals surface area contributed by atoms with Gasteiger partial charge in [0.1, 0.15) is 23.1 Å². The number of nitrogens with zero attached hydrogens (tertiary/aromatic N) is 2. The molecule has 0 radical (unpaired) electrons. The number of Topliss-reactive ketones (excluding diaryl/α,β-unsaturated/α-hetero) is 1. The molecule has 9 nitrogen and oxygen atoms in total. The van der Waals surface area contributed by atoms with Gasteiger partial charge in [0.05, 0.1) is 35.4 Å². The summed E-state index contributed by atoms with van der Waals surface area (Å²) in [5, 5.41) is 41.3. The molecule has 0 bridgehead atoms. The Kier molecular flexibility index (Phi) is 7.28. The van der Waals surface area contributed by atoms with Crippen LogP contribution >= 0.6 is 0 Å². The SMILES string of the molecule is CCN(Cc1cc(O)c2c(c1F)C[C@H]1C[C@@H]3C(C(=N)C(C(N)=O)=C(O)[C@H]3N(C)C)C(O)=C1C2=O)CC(F)(F)F. The monoisotopic (exact) mass is 554 g/mol. The zero-order chi connectivity index (χ0) is 29.1. The summed E-state index contributed by atoms with van der Waals surface area (Å²) in [6.45, 7) is -0.284. The fourth-order valence-electron chi connectivity index (χ4n) is 6.32. The van der Waals surface area contributed by atoms with Crippen LogP contribution in [0.5, 0.6) is 5.75 Å². The molecule has 0 saturated carbocycles. The molecular weight excluding hydrogens is 524 g/mol. The van der Waals surface area contributed by atoms with Gasteiger partial charge in [0, 0.05) is 23.2 Å². The molecule has 6 N–H and O–H groups in total. The zero-order valence-electron chi connectivity index (χ0n) is 21.6. The summed E-state index contributed by atoms with van der Waals surface area (Å²) in [7, 11) is 3.24. The number of allylic oxidation sites excluding steroid dienone is 2. The van der Waals surface area contributed by atoms with Crippen LogP contribution in [0.15, 0.2) is 28.7 Å². The van der Waals surface area contributed by atoms with Gasteiger partial charge in [-0.3, -0.25) is 19.4 Å². The standard InChI is InChI=1S/C26H30F4N4O5/c1-4-34(9-26(28,29)30)8-11-7-14(35)16-12(19(11)27)5-10-6-13-17(23(37)15(10)22(16)36)20(31)18(25(32)39)24(38)21(13)33(2)3/h7,10,13,17,21,31,35,37-38H,4-6,8-9H2,1-3H3,(H2,32,39)/t10-,13+,17?,21-/m0/s1. The Hall–Kier alpha value is -3.45. The summed E-state index contributed by atoms with van der Waals surface area (Å²) < 4.78 is 54.5. The number of fused-ring (bicyclic) bond motifs is 3. The lowest BCUT2D eigenvalue weighted by Crippen LogP contribution is -2.53. The van der Waals surface area contributed by atoms with Crippen LogP contribution in [-0.4, -0.2) is 81.9 Å². The number of likely N-dealkylation sites (N-methyl/N-ethyl adjacent to an activating group) is 1. The summed E-state index contributed by atoms with van der Waals surface area (Å²) in [6, 6.07) is 0.0719. The normalized spacial score (nSPS) is 25.3. The number of aliphatic hydroxyl groups is 2. The van der Waals surface area contributed by atoms with Crippen molar-refractivity contribution < 1.29 is 42.5 Å². The number of primary amides is 1. The third-order valence-electron chi connectivity index (χ3n) is 7.87. The van der Waals surface area contributed by atoms with Gasteiger partial charge in [-0.25, -0.2) is 4.39 Å². The Morgan fingerprint density at radius 2 is 1.85 bits per heavy atom. The number of phenolic OH excluding ortho intramolecular Hbond substituents is 1. The van der Waals surface area contributed by atoms with E-state index in [1.807, 2.05) is 0 Å². The van der Waals surface area contributed by atoms with E-state index in [1.165, 1.54) is 6.92 Å². The lowest BCUT2D eigenvalue weighted by Gasteiger charge is -2.47. The highest BCUT2D eigenvalue weighted by Crippen LogP contribution is 2.50. The van der Waals surface area contributed by atoms with Crippen LogP contribution in [-0.2, 0) is 17.8 Å². The second-order valence-electron chi connectivity index (χ2n) is 10.5. The van der Waals surface area contributed by atoms with E-state index in [4.69, 9.17) is 11.1 Å². The van der Waals surface area contributed by atoms with Gasteiger partial charge in [-0.05, 0) is 51.4 Å². The third-order valence-corrected chi connectivity index (χ3v) is 7.87. The van der Waals surface area contributed by atoms with Crippen molar-refractivity contribution in [3.8, 4) is 5.75 Å². The molecule has 1 aromatic carbocycles. The number of carbonyl (C=O) groups is 2. The molecule has 0 aliphatic heterocycles. The molecule has 13 heteroatoms. The summed E-state index contributed by atoms with van der Waals surface area (Å²) in [4.78, 5) is 28.2. The number of halogens is 4.